The Morgan fingerprint density at radius 2 is 2.18 bits per heavy atom. The molecular formula is C14H18BrNO. The predicted molar refractivity (Wildman–Crippen MR) is 75.2 cm³/mol. The molecule has 1 heterocycles. The van der Waals surface area contributed by atoms with Gasteiger partial charge in [0.1, 0.15) is 10.4 Å². The minimum Gasteiger partial charge on any atom is -0.466 e. The van der Waals surface area contributed by atoms with Crippen LogP contribution in [0.2, 0.25) is 0 Å². The molecule has 0 aromatic heterocycles. The molecule has 1 aliphatic heterocycles. The molecule has 1 unspecified atom stereocenters. The number of hydrogen-bond acceptors (Lipinski definition) is 2. The van der Waals surface area contributed by atoms with Gasteiger partial charge in [-0.1, -0.05) is 19.4 Å². The van der Waals surface area contributed by atoms with Crippen LogP contribution in [0.1, 0.15) is 44.2 Å². The molecule has 1 aromatic carbocycles. The number of unbranched alkanes of at least 4 members (excludes halogenated alkanes) is 1. The van der Waals surface area contributed by atoms with E-state index in [1.807, 2.05) is 0 Å². The highest BCUT2D eigenvalue weighted by atomic mass is 79.9. The lowest BCUT2D eigenvalue weighted by molar-refractivity contribution is 0.0827. The first-order valence-corrected chi connectivity index (χ1v) is 6.89. The number of aryl methyl sites for hydroxylation is 1. The average molecular weight is 296 g/mol. The summed E-state index contributed by atoms with van der Waals surface area (Å²) in [7, 11) is 0. The zero-order valence-electron chi connectivity index (χ0n) is 10.6. The van der Waals surface area contributed by atoms with Gasteiger partial charge in [-0.2, -0.15) is 0 Å². The summed E-state index contributed by atoms with van der Waals surface area (Å²) < 4.78 is 6.96. The second-order valence-electron chi connectivity index (χ2n) is 4.78. The lowest BCUT2D eigenvalue weighted by Crippen LogP contribution is -2.34. The van der Waals surface area contributed by atoms with E-state index in [9.17, 15) is 0 Å². The summed E-state index contributed by atoms with van der Waals surface area (Å²) in [6, 6.07) is 6.21. The standard InChI is InChI=1S/C14H18BrNO/c1-4-5-8-14(3)16-13(15)11-7-6-10(2)9-12(11)17-14/h6-7,9H,4-5,8H2,1-3H3. The Balaban J connectivity index is 2.33. The molecule has 0 amide bonds. The van der Waals surface area contributed by atoms with Crippen molar-refractivity contribution in [2.45, 2.75) is 45.8 Å². The Hall–Kier alpha value is -0.830. The fraction of sp³-hybridized carbons (Fsp3) is 0.500. The normalized spacial score (nSPS) is 22.7. The van der Waals surface area contributed by atoms with Crippen LogP contribution in [0.4, 0.5) is 0 Å². The van der Waals surface area contributed by atoms with E-state index in [0.717, 1.165) is 35.2 Å². The average Bonchev–Trinajstić information content (AvgIpc) is 2.25. The molecular weight excluding hydrogens is 278 g/mol. The van der Waals surface area contributed by atoms with Crippen LogP contribution in [-0.2, 0) is 0 Å². The second-order valence-corrected chi connectivity index (χ2v) is 5.53. The lowest BCUT2D eigenvalue weighted by Gasteiger charge is -2.32. The van der Waals surface area contributed by atoms with E-state index in [4.69, 9.17) is 4.74 Å². The lowest BCUT2D eigenvalue weighted by atomic mass is 10.1. The van der Waals surface area contributed by atoms with Gasteiger partial charge in [0.15, 0.2) is 5.72 Å². The van der Waals surface area contributed by atoms with Crippen LogP contribution in [0.15, 0.2) is 23.2 Å². The molecule has 0 spiro atoms. The zero-order chi connectivity index (χ0) is 12.5. The van der Waals surface area contributed by atoms with Gasteiger partial charge in [0.05, 0.1) is 0 Å². The van der Waals surface area contributed by atoms with Gasteiger partial charge >= 0.3 is 0 Å². The molecule has 1 aromatic rings. The van der Waals surface area contributed by atoms with Gasteiger partial charge in [0, 0.05) is 12.0 Å². The monoisotopic (exact) mass is 295 g/mol. The van der Waals surface area contributed by atoms with Crippen LogP contribution in [0, 0.1) is 6.92 Å². The Kier molecular flexibility index (Phi) is 3.57. The highest BCUT2D eigenvalue weighted by molar-refractivity contribution is 9.18. The van der Waals surface area contributed by atoms with Crippen molar-refractivity contribution in [2.24, 2.45) is 4.99 Å². The molecule has 17 heavy (non-hydrogen) atoms. The molecule has 0 radical (unpaired) electrons. The first-order valence-electron chi connectivity index (χ1n) is 6.09. The van der Waals surface area contributed by atoms with Crippen molar-refractivity contribution < 1.29 is 4.74 Å². The summed E-state index contributed by atoms with van der Waals surface area (Å²) in [6.07, 6.45) is 3.24. The first-order chi connectivity index (χ1) is 8.04. The number of halogens is 1. The van der Waals surface area contributed by atoms with Gasteiger partial charge in [-0.3, -0.25) is 0 Å². The van der Waals surface area contributed by atoms with Crippen molar-refractivity contribution in [2.75, 3.05) is 0 Å². The first kappa shape index (κ1) is 12.6. The molecule has 2 rings (SSSR count). The highest BCUT2D eigenvalue weighted by Crippen LogP contribution is 2.35. The van der Waals surface area contributed by atoms with E-state index >= 15 is 0 Å². The molecule has 1 atom stereocenters. The summed E-state index contributed by atoms with van der Waals surface area (Å²) in [5, 5.41) is 0. The van der Waals surface area contributed by atoms with E-state index in [1.54, 1.807) is 0 Å². The topological polar surface area (TPSA) is 21.6 Å². The summed E-state index contributed by atoms with van der Waals surface area (Å²) in [4.78, 5) is 4.63. The number of benzene rings is 1. The van der Waals surface area contributed by atoms with Crippen molar-refractivity contribution in [1.82, 2.24) is 0 Å². The van der Waals surface area contributed by atoms with Crippen molar-refractivity contribution in [3.63, 3.8) is 0 Å². The van der Waals surface area contributed by atoms with Gasteiger partial charge in [-0.05, 0) is 53.9 Å². The molecule has 0 fully saturated rings. The number of nitrogens with zero attached hydrogens (tertiary/aromatic N) is 1. The third-order valence-corrected chi connectivity index (χ3v) is 3.62. The molecule has 0 N–H and O–H groups in total. The number of fused-ring (bicyclic) bond motifs is 1. The molecule has 92 valence electrons. The maximum absolute atomic E-state index is 6.06. The smallest absolute Gasteiger partial charge is 0.198 e. The number of hydrogen-bond donors (Lipinski definition) is 0. The zero-order valence-corrected chi connectivity index (χ0v) is 12.2. The van der Waals surface area contributed by atoms with Crippen LogP contribution in [-0.4, -0.2) is 10.3 Å². The maximum atomic E-state index is 6.06. The van der Waals surface area contributed by atoms with E-state index in [-0.39, 0.29) is 0 Å². The Morgan fingerprint density at radius 3 is 2.88 bits per heavy atom. The van der Waals surface area contributed by atoms with Crippen molar-refractivity contribution in [1.29, 1.82) is 0 Å². The van der Waals surface area contributed by atoms with Crippen LogP contribution in [0.3, 0.4) is 0 Å². The largest absolute Gasteiger partial charge is 0.466 e. The third-order valence-electron chi connectivity index (χ3n) is 3.02. The molecule has 1 aliphatic rings. The highest BCUT2D eigenvalue weighted by Gasteiger charge is 2.31. The van der Waals surface area contributed by atoms with Crippen LogP contribution in [0.25, 0.3) is 0 Å². The fourth-order valence-electron chi connectivity index (χ4n) is 2.02. The third kappa shape index (κ3) is 2.71. The number of aliphatic imine (C=N–C) groups is 1. The van der Waals surface area contributed by atoms with Crippen molar-refractivity contribution in [3.05, 3.63) is 29.3 Å². The Labute approximate surface area is 111 Å². The molecule has 0 saturated heterocycles. The predicted octanol–water partition coefficient (Wildman–Crippen LogP) is 4.44. The molecule has 3 heteroatoms. The quantitative estimate of drug-likeness (QED) is 0.808. The van der Waals surface area contributed by atoms with Crippen molar-refractivity contribution >= 4 is 20.6 Å². The van der Waals surface area contributed by atoms with Gasteiger partial charge in [-0.25, -0.2) is 4.99 Å². The van der Waals surface area contributed by atoms with Gasteiger partial charge in [0.2, 0.25) is 0 Å². The fourth-order valence-corrected chi connectivity index (χ4v) is 2.73. The Morgan fingerprint density at radius 1 is 1.41 bits per heavy atom. The van der Waals surface area contributed by atoms with E-state index in [1.165, 1.54) is 5.56 Å². The van der Waals surface area contributed by atoms with Crippen LogP contribution >= 0.6 is 15.9 Å². The van der Waals surface area contributed by atoms with E-state index in [2.05, 4.69) is 59.9 Å². The minimum atomic E-state index is -0.421. The van der Waals surface area contributed by atoms with Crippen molar-refractivity contribution in [3.8, 4) is 5.75 Å². The van der Waals surface area contributed by atoms with Gasteiger partial charge in [-0.15, -0.1) is 0 Å². The van der Waals surface area contributed by atoms with Crippen LogP contribution in [0.5, 0.6) is 5.75 Å². The SMILES string of the molecule is CCCCC1(C)N=C(Br)c2ccc(C)cc2O1. The maximum Gasteiger partial charge on any atom is 0.198 e. The number of rotatable bonds is 3. The second kappa shape index (κ2) is 4.81. The Bertz CT molecular complexity index is 456. The summed E-state index contributed by atoms with van der Waals surface area (Å²) in [6.45, 7) is 6.31. The van der Waals surface area contributed by atoms with Gasteiger partial charge in [0.25, 0.3) is 0 Å². The molecule has 0 aliphatic carbocycles. The summed E-state index contributed by atoms with van der Waals surface area (Å²) in [5.74, 6) is 0.936. The molecule has 0 saturated carbocycles. The minimum absolute atomic E-state index is 0.421. The van der Waals surface area contributed by atoms with E-state index < -0.39 is 5.72 Å². The number of ether oxygens (including phenoxy) is 1. The van der Waals surface area contributed by atoms with Crippen LogP contribution < -0.4 is 4.74 Å². The van der Waals surface area contributed by atoms with Gasteiger partial charge < -0.3 is 4.74 Å². The molecule has 2 nitrogen and oxygen atoms in total. The summed E-state index contributed by atoms with van der Waals surface area (Å²) >= 11 is 3.55. The molecule has 0 bridgehead atoms. The van der Waals surface area contributed by atoms with E-state index in [0.29, 0.717) is 0 Å². The summed E-state index contributed by atoms with van der Waals surface area (Å²) in [5.41, 5.74) is 1.84.